The average Bonchev–Trinajstić information content (AvgIpc) is 2.45. The first kappa shape index (κ1) is 16.9. The quantitative estimate of drug-likeness (QED) is 0.243. The van der Waals surface area contributed by atoms with Gasteiger partial charge in [0, 0.05) is 36.6 Å². The Bertz CT molecular complexity index is 500. The Morgan fingerprint density at radius 1 is 0.952 bits per heavy atom. The molecule has 0 saturated heterocycles. The van der Waals surface area contributed by atoms with Gasteiger partial charge in [-0.3, -0.25) is 0 Å². The molecular formula is C18H22BIP+. The van der Waals surface area contributed by atoms with Crippen LogP contribution >= 0.6 is 31.5 Å². The fourth-order valence-electron chi connectivity index (χ4n) is 2.73. The summed E-state index contributed by atoms with van der Waals surface area (Å²) in [7, 11) is 2.92. The minimum absolute atomic E-state index is 0.286. The zero-order valence-corrected chi connectivity index (χ0v) is 16.0. The van der Waals surface area contributed by atoms with Crippen LogP contribution in [0.3, 0.4) is 0 Å². The SMILES string of the molecule is CC(C)(CB(P)I)C[C+](c1ccccc1)c1ccccc1. The van der Waals surface area contributed by atoms with Gasteiger partial charge >= 0.3 is 0 Å². The molecule has 1 unspecified atom stereocenters. The largest absolute Gasteiger partial charge is 0.240 e. The summed E-state index contributed by atoms with van der Waals surface area (Å²) in [6, 6.07) is 21.6. The molecule has 0 heterocycles. The van der Waals surface area contributed by atoms with E-state index in [2.05, 4.69) is 106 Å². The smallest absolute Gasteiger partial charge is 0.159 e. The van der Waals surface area contributed by atoms with Crippen LogP contribution in [0.5, 0.6) is 0 Å². The fourth-order valence-corrected chi connectivity index (χ4v) is 4.56. The lowest BCUT2D eigenvalue weighted by Gasteiger charge is -2.28. The van der Waals surface area contributed by atoms with E-state index >= 15 is 0 Å². The van der Waals surface area contributed by atoms with E-state index in [4.69, 9.17) is 0 Å². The third-order valence-corrected chi connectivity index (χ3v) is 4.32. The Morgan fingerprint density at radius 2 is 1.38 bits per heavy atom. The molecule has 2 rings (SSSR count). The van der Waals surface area contributed by atoms with Crippen molar-refractivity contribution < 1.29 is 0 Å². The van der Waals surface area contributed by atoms with Crippen LogP contribution < -0.4 is 0 Å². The Morgan fingerprint density at radius 3 is 1.76 bits per heavy atom. The van der Waals surface area contributed by atoms with Crippen molar-refractivity contribution in [2.24, 2.45) is 5.41 Å². The predicted octanol–water partition coefficient (Wildman–Crippen LogP) is 5.87. The van der Waals surface area contributed by atoms with E-state index < -0.39 is 0 Å². The van der Waals surface area contributed by atoms with Gasteiger partial charge in [0.25, 0.3) is 0 Å². The molecular weight excluding hydrogens is 385 g/mol. The van der Waals surface area contributed by atoms with Crippen molar-refractivity contribution in [1.82, 2.24) is 0 Å². The highest BCUT2D eigenvalue weighted by Gasteiger charge is 2.30. The van der Waals surface area contributed by atoms with E-state index in [1.54, 1.807) is 0 Å². The van der Waals surface area contributed by atoms with E-state index in [0.717, 1.165) is 6.42 Å². The van der Waals surface area contributed by atoms with Gasteiger partial charge in [0.05, 0.1) is 11.1 Å². The second-order valence-corrected chi connectivity index (χ2v) is 10.0. The molecule has 2 aromatic rings. The molecule has 1 atom stereocenters. The minimum Gasteiger partial charge on any atom is -0.159 e. The topological polar surface area (TPSA) is 0 Å². The molecule has 0 aliphatic rings. The number of hydrogen-bond donors (Lipinski definition) is 0. The summed E-state index contributed by atoms with van der Waals surface area (Å²) in [6.07, 6.45) is 2.29. The van der Waals surface area contributed by atoms with Crippen LogP contribution in [0.2, 0.25) is 6.32 Å². The summed E-state index contributed by atoms with van der Waals surface area (Å²) >= 11 is 2.50. The summed E-state index contributed by atoms with van der Waals surface area (Å²) < 4.78 is 0.616. The van der Waals surface area contributed by atoms with Crippen LogP contribution in [0.15, 0.2) is 60.7 Å². The zero-order valence-electron chi connectivity index (χ0n) is 12.7. The van der Waals surface area contributed by atoms with Gasteiger partial charge in [-0.05, 0) is 41.8 Å². The minimum atomic E-state index is 0.286. The van der Waals surface area contributed by atoms with E-state index in [1.807, 2.05) is 0 Å². The first-order valence-electron chi connectivity index (χ1n) is 7.34. The van der Waals surface area contributed by atoms with Crippen LogP contribution in [0, 0.1) is 11.3 Å². The van der Waals surface area contributed by atoms with Crippen molar-refractivity contribution in [1.29, 1.82) is 0 Å². The highest BCUT2D eigenvalue weighted by atomic mass is 127. The second kappa shape index (κ2) is 7.69. The van der Waals surface area contributed by atoms with Gasteiger partial charge in [-0.15, -0.1) is 22.4 Å². The lowest BCUT2D eigenvalue weighted by Crippen LogP contribution is -2.20. The fraction of sp³-hybridized carbons (Fsp3) is 0.278. The number of hydrogen-bond acceptors (Lipinski definition) is 0. The van der Waals surface area contributed by atoms with Gasteiger partial charge in [-0.1, -0.05) is 20.2 Å². The molecule has 2 aromatic carbocycles. The van der Waals surface area contributed by atoms with Crippen LogP contribution in [0.25, 0.3) is 0 Å². The first-order chi connectivity index (χ1) is 9.98. The second-order valence-electron chi connectivity index (χ2n) is 6.27. The molecule has 108 valence electrons. The van der Waals surface area contributed by atoms with Gasteiger partial charge in [0.2, 0.25) is 4.29 Å². The summed E-state index contributed by atoms with van der Waals surface area (Å²) in [5, 5.41) is 0. The van der Waals surface area contributed by atoms with Crippen LogP contribution in [0.1, 0.15) is 31.4 Å². The summed E-state index contributed by atoms with van der Waals surface area (Å²) in [4.78, 5) is 0. The van der Waals surface area contributed by atoms with Crippen molar-refractivity contribution in [3.8, 4) is 0 Å². The van der Waals surface area contributed by atoms with E-state index in [1.165, 1.54) is 23.4 Å². The highest BCUT2D eigenvalue weighted by Crippen LogP contribution is 2.40. The Hall–Kier alpha value is -0.465. The molecule has 0 aliphatic heterocycles. The maximum Gasteiger partial charge on any atom is 0.240 e. The van der Waals surface area contributed by atoms with Crippen molar-refractivity contribution in [3.05, 3.63) is 77.7 Å². The first-order valence-corrected chi connectivity index (χ1v) is 9.25. The normalized spacial score (nSPS) is 11.2. The molecule has 0 spiro atoms. The molecule has 3 heteroatoms. The van der Waals surface area contributed by atoms with Gasteiger partial charge in [-0.2, -0.15) is 9.12 Å². The van der Waals surface area contributed by atoms with Gasteiger partial charge < -0.3 is 0 Å². The Balaban J connectivity index is 2.29. The molecule has 0 radical (unpaired) electrons. The lowest BCUT2D eigenvalue weighted by molar-refractivity contribution is 0.396. The molecule has 0 saturated carbocycles. The molecule has 0 aromatic heterocycles. The van der Waals surface area contributed by atoms with Crippen molar-refractivity contribution in [2.75, 3.05) is 0 Å². The van der Waals surface area contributed by atoms with Crippen molar-refractivity contribution in [2.45, 2.75) is 26.6 Å². The van der Waals surface area contributed by atoms with Crippen LogP contribution in [0.4, 0.5) is 0 Å². The van der Waals surface area contributed by atoms with Crippen molar-refractivity contribution in [3.63, 3.8) is 0 Å². The maximum atomic E-state index is 2.92. The average molecular weight is 407 g/mol. The lowest BCUT2D eigenvalue weighted by atomic mass is 9.70. The van der Waals surface area contributed by atoms with Gasteiger partial charge in [0.1, 0.15) is 0 Å². The van der Waals surface area contributed by atoms with Crippen molar-refractivity contribution >= 4 is 35.8 Å². The molecule has 0 nitrogen and oxygen atoms in total. The zero-order chi connectivity index (χ0) is 15.3. The summed E-state index contributed by atoms with van der Waals surface area (Å²) in [6.45, 7) is 4.74. The number of rotatable bonds is 6. The van der Waals surface area contributed by atoms with E-state index in [-0.39, 0.29) is 5.41 Å². The Kier molecular flexibility index (Phi) is 6.19. The standard InChI is InChI=1S/C18H22BIP/c1-18(2,14-19(20)21)13-17(15-9-5-3-6-10-15)16-11-7-4-8-12-16/h3-12H,13-14,21H2,1-2H3/q+1. The monoisotopic (exact) mass is 407 g/mol. The van der Waals surface area contributed by atoms with Crippen LogP contribution in [-0.4, -0.2) is 4.29 Å². The number of benzene rings is 2. The molecule has 0 aliphatic carbocycles. The predicted molar refractivity (Wildman–Crippen MR) is 107 cm³/mol. The molecule has 0 bridgehead atoms. The maximum absolute atomic E-state index is 2.92. The molecule has 21 heavy (non-hydrogen) atoms. The third-order valence-electron chi connectivity index (χ3n) is 3.65. The highest BCUT2D eigenvalue weighted by molar-refractivity contribution is 14.1. The summed E-state index contributed by atoms with van der Waals surface area (Å²) in [5.41, 5.74) is 2.96. The van der Waals surface area contributed by atoms with E-state index in [0.29, 0.717) is 4.29 Å². The van der Waals surface area contributed by atoms with Crippen LogP contribution in [-0.2, 0) is 0 Å². The third kappa shape index (κ3) is 5.34. The number of halogens is 1. The van der Waals surface area contributed by atoms with Gasteiger partial charge in [0.15, 0.2) is 0 Å². The Labute approximate surface area is 145 Å². The molecule has 0 fully saturated rings. The molecule has 0 amide bonds. The van der Waals surface area contributed by atoms with Gasteiger partial charge in [-0.25, -0.2) is 0 Å². The molecule has 0 N–H and O–H groups in total. The summed E-state index contributed by atoms with van der Waals surface area (Å²) in [5.74, 6) is 1.45. The van der Waals surface area contributed by atoms with E-state index in [9.17, 15) is 0 Å².